The number of amides is 1. The molecule has 8 heteroatoms. The SMILES string of the molecule is C=CCS(=O)(=O)CC(=O)Nc1ccc(Oc2ccccc2OC)nc1. The van der Waals surface area contributed by atoms with Gasteiger partial charge in [-0.15, -0.1) is 6.58 Å². The summed E-state index contributed by atoms with van der Waals surface area (Å²) >= 11 is 0. The summed E-state index contributed by atoms with van der Waals surface area (Å²) in [5, 5.41) is 2.47. The van der Waals surface area contributed by atoms with Crippen LogP contribution in [0.2, 0.25) is 0 Å². The van der Waals surface area contributed by atoms with Crippen LogP contribution in [0.4, 0.5) is 5.69 Å². The molecule has 25 heavy (non-hydrogen) atoms. The summed E-state index contributed by atoms with van der Waals surface area (Å²) in [5.41, 5.74) is 0.367. The van der Waals surface area contributed by atoms with E-state index in [1.807, 2.05) is 6.07 Å². The number of hydrogen-bond donors (Lipinski definition) is 1. The first-order valence-electron chi connectivity index (χ1n) is 7.31. The minimum atomic E-state index is -3.50. The molecule has 0 bridgehead atoms. The molecular weight excluding hydrogens is 344 g/mol. The molecule has 0 saturated heterocycles. The third-order valence-corrected chi connectivity index (χ3v) is 4.47. The van der Waals surface area contributed by atoms with Crippen LogP contribution >= 0.6 is 0 Å². The van der Waals surface area contributed by atoms with Crippen LogP contribution < -0.4 is 14.8 Å². The van der Waals surface area contributed by atoms with Crippen molar-refractivity contribution in [2.24, 2.45) is 0 Å². The fourth-order valence-corrected chi connectivity index (χ4v) is 2.91. The number of benzene rings is 1. The molecular formula is C17H18N2O5S. The van der Waals surface area contributed by atoms with Crippen molar-refractivity contribution in [1.82, 2.24) is 4.98 Å². The van der Waals surface area contributed by atoms with E-state index in [1.54, 1.807) is 30.3 Å². The Morgan fingerprint density at radius 3 is 2.56 bits per heavy atom. The van der Waals surface area contributed by atoms with Gasteiger partial charge in [0.1, 0.15) is 5.75 Å². The molecule has 0 aliphatic carbocycles. The van der Waals surface area contributed by atoms with Crippen molar-refractivity contribution in [3.05, 3.63) is 55.3 Å². The zero-order chi connectivity index (χ0) is 18.3. The summed E-state index contributed by atoms with van der Waals surface area (Å²) in [4.78, 5) is 15.8. The van der Waals surface area contributed by atoms with Gasteiger partial charge in [-0.05, 0) is 18.2 Å². The van der Waals surface area contributed by atoms with Gasteiger partial charge in [0, 0.05) is 6.07 Å². The number of carbonyl (C=O) groups is 1. The Kier molecular flexibility index (Phi) is 6.13. The number of methoxy groups -OCH3 is 1. The van der Waals surface area contributed by atoms with E-state index in [1.165, 1.54) is 19.4 Å². The molecule has 0 atom stereocenters. The smallest absolute Gasteiger partial charge is 0.239 e. The van der Waals surface area contributed by atoms with Crippen LogP contribution in [0.15, 0.2) is 55.3 Å². The Morgan fingerprint density at radius 1 is 1.24 bits per heavy atom. The first-order valence-corrected chi connectivity index (χ1v) is 9.14. The number of aromatic nitrogens is 1. The Bertz CT molecular complexity index is 848. The molecule has 0 unspecified atom stereocenters. The van der Waals surface area contributed by atoms with Crippen LogP contribution in [0.5, 0.6) is 17.4 Å². The third-order valence-electron chi connectivity index (χ3n) is 3.03. The summed E-state index contributed by atoms with van der Waals surface area (Å²) < 4.78 is 33.9. The molecule has 0 radical (unpaired) electrons. The van der Waals surface area contributed by atoms with Gasteiger partial charge < -0.3 is 14.8 Å². The second kappa shape index (κ2) is 8.29. The second-order valence-electron chi connectivity index (χ2n) is 5.03. The van der Waals surface area contributed by atoms with Crippen molar-refractivity contribution in [3.63, 3.8) is 0 Å². The summed E-state index contributed by atoms with van der Waals surface area (Å²) in [6.07, 6.45) is 2.62. The molecule has 0 aliphatic rings. The lowest BCUT2D eigenvalue weighted by Crippen LogP contribution is -2.24. The minimum Gasteiger partial charge on any atom is -0.493 e. The molecule has 0 fully saturated rings. The molecule has 0 saturated carbocycles. The fraction of sp³-hybridized carbons (Fsp3) is 0.176. The van der Waals surface area contributed by atoms with Crippen molar-refractivity contribution in [1.29, 1.82) is 0 Å². The second-order valence-corrected chi connectivity index (χ2v) is 7.14. The number of carbonyl (C=O) groups excluding carboxylic acids is 1. The van der Waals surface area contributed by atoms with E-state index in [4.69, 9.17) is 9.47 Å². The van der Waals surface area contributed by atoms with Gasteiger partial charge in [0.05, 0.1) is 24.7 Å². The summed E-state index contributed by atoms with van der Waals surface area (Å²) in [6, 6.07) is 10.2. The van der Waals surface area contributed by atoms with Crippen molar-refractivity contribution in [3.8, 4) is 17.4 Å². The van der Waals surface area contributed by atoms with E-state index in [-0.39, 0.29) is 5.75 Å². The van der Waals surface area contributed by atoms with Crippen LogP contribution in [0.1, 0.15) is 0 Å². The molecule has 1 aromatic carbocycles. The largest absolute Gasteiger partial charge is 0.493 e. The Labute approximate surface area is 146 Å². The average Bonchev–Trinajstić information content (AvgIpc) is 2.56. The van der Waals surface area contributed by atoms with Gasteiger partial charge >= 0.3 is 0 Å². The quantitative estimate of drug-likeness (QED) is 0.725. The van der Waals surface area contributed by atoms with Crippen LogP contribution in [0.25, 0.3) is 0 Å². The lowest BCUT2D eigenvalue weighted by molar-refractivity contribution is -0.113. The maximum Gasteiger partial charge on any atom is 0.239 e. The number of nitrogens with one attached hydrogen (secondary N) is 1. The number of anilines is 1. The number of hydrogen-bond acceptors (Lipinski definition) is 6. The summed E-state index contributed by atoms with van der Waals surface area (Å²) in [6.45, 7) is 3.35. The Balaban J connectivity index is 2.00. The van der Waals surface area contributed by atoms with E-state index < -0.39 is 21.5 Å². The molecule has 132 valence electrons. The highest BCUT2D eigenvalue weighted by Gasteiger charge is 2.15. The van der Waals surface area contributed by atoms with Gasteiger partial charge in [0.25, 0.3) is 0 Å². The molecule has 1 N–H and O–H groups in total. The van der Waals surface area contributed by atoms with Gasteiger partial charge in [0.2, 0.25) is 11.8 Å². The molecule has 2 rings (SSSR count). The third kappa shape index (κ3) is 5.61. The van der Waals surface area contributed by atoms with Crippen LogP contribution in [-0.2, 0) is 14.6 Å². The van der Waals surface area contributed by atoms with Crippen molar-refractivity contribution in [2.45, 2.75) is 0 Å². The first-order chi connectivity index (χ1) is 11.9. The van der Waals surface area contributed by atoms with E-state index in [2.05, 4.69) is 16.9 Å². The number of para-hydroxylation sites is 2. The number of rotatable bonds is 8. The van der Waals surface area contributed by atoms with Crippen LogP contribution in [0.3, 0.4) is 0 Å². The monoisotopic (exact) mass is 362 g/mol. The Morgan fingerprint density at radius 2 is 1.96 bits per heavy atom. The minimum absolute atomic E-state index is 0.246. The van der Waals surface area contributed by atoms with Gasteiger partial charge in [-0.2, -0.15) is 0 Å². The molecule has 1 amide bonds. The average molecular weight is 362 g/mol. The van der Waals surface area contributed by atoms with E-state index in [9.17, 15) is 13.2 Å². The molecule has 1 heterocycles. The van der Waals surface area contributed by atoms with Gasteiger partial charge in [0.15, 0.2) is 21.3 Å². The number of ether oxygens (including phenoxy) is 2. The normalized spacial score (nSPS) is 10.8. The van der Waals surface area contributed by atoms with Crippen molar-refractivity contribution in [2.75, 3.05) is 23.9 Å². The lowest BCUT2D eigenvalue weighted by atomic mass is 10.3. The molecule has 0 spiro atoms. The Hall–Kier alpha value is -2.87. The van der Waals surface area contributed by atoms with Crippen LogP contribution in [0, 0.1) is 0 Å². The van der Waals surface area contributed by atoms with Crippen molar-refractivity contribution < 1.29 is 22.7 Å². The predicted octanol–water partition coefficient (Wildman–Crippen LogP) is 2.42. The standard InChI is InChI=1S/C17H18N2O5S/c1-3-10-25(21,22)12-16(20)19-13-8-9-17(18-11-13)24-15-7-5-4-6-14(15)23-2/h3-9,11H,1,10,12H2,2H3,(H,19,20). The number of sulfone groups is 1. The highest BCUT2D eigenvalue weighted by Crippen LogP contribution is 2.30. The topological polar surface area (TPSA) is 94.6 Å². The lowest BCUT2D eigenvalue weighted by Gasteiger charge is -2.10. The van der Waals surface area contributed by atoms with Gasteiger partial charge in [-0.25, -0.2) is 13.4 Å². The van der Waals surface area contributed by atoms with Crippen molar-refractivity contribution >= 4 is 21.4 Å². The van der Waals surface area contributed by atoms with E-state index in [0.29, 0.717) is 23.1 Å². The number of pyridine rings is 1. The highest BCUT2D eigenvalue weighted by atomic mass is 32.2. The maximum atomic E-state index is 11.8. The summed E-state index contributed by atoms with van der Waals surface area (Å²) in [7, 11) is -1.96. The zero-order valence-corrected chi connectivity index (χ0v) is 14.5. The fourth-order valence-electron chi connectivity index (χ4n) is 1.97. The highest BCUT2D eigenvalue weighted by molar-refractivity contribution is 7.92. The molecule has 2 aromatic rings. The van der Waals surface area contributed by atoms with E-state index in [0.717, 1.165) is 0 Å². The maximum absolute atomic E-state index is 11.8. The van der Waals surface area contributed by atoms with E-state index >= 15 is 0 Å². The molecule has 1 aromatic heterocycles. The molecule has 7 nitrogen and oxygen atoms in total. The van der Waals surface area contributed by atoms with Crippen LogP contribution in [-0.4, -0.2) is 37.9 Å². The van der Waals surface area contributed by atoms with Gasteiger partial charge in [-0.3, -0.25) is 4.79 Å². The zero-order valence-electron chi connectivity index (χ0n) is 13.6. The van der Waals surface area contributed by atoms with Gasteiger partial charge in [-0.1, -0.05) is 18.2 Å². The number of nitrogens with zero attached hydrogens (tertiary/aromatic N) is 1. The molecule has 0 aliphatic heterocycles. The first kappa shape index (κ1) is 18.5. The predicted molar refractivity (Wildman–Crippen MR) is 94.8 cm³/mol. The summed E-state index contributed by atoms with van der Waals surface area (Å²) in [5.74, 6) is -0.120.